The molecule has 1 nitrogen and oxygen atoms in total. The van der Waals surface area contributed by atoms with Crippen LogP contribution in [0.4, 0.5) is 0 Å². The molecule has 1 aromatic heterocycles. The molecule has 2 rings (SSSR count). The molecule has 0 aliphatic heterocycles. The zero-order valence-electron chi connectivity index (χ0n) is 7.51. The Labute approximate surface area is 103 Å². The predicted octanol–water partition coefficient (Wildman–Crippen LogP) is 4.57. The molecule has 1 aromatic carbocycles. The van der Waals surface area contributed by atoms with Gasteiger partial charge >= 0.3 is 0 Å². The van der Waals surface area contributed by atoms with Crippen LogP contribution in [0.3, 0.4) is 0 Å². The van der Waals surface area contributed by atoms with Gasteiger partial charge in [-0.05, 0) is 38.8 Å². The van der Waals surface area contributed by atoms with Crippen molar-refractivity contribution in [3.05, 3.63) is 27.5 Å². The summed E-state index contributed by atoms with van der Waals surface area (Å²) in [5.41, 5.74) is 1.17. The fourth-order valence-electron chi connectivity index (χ4n) is 1.39. The minimum absolute atomic E-state index is 0.796. The Kier molecular flexibility index (Phi) is 3.14. The number of methoxy groups -OCH3 is 1. The molecule has 0 amide bonds. The summed E-state index contributed by atoms with van der Waals surface area (Å²) in [6, 6.07) is 4.18. The van der Waals surface area contributed by atoms with Gasteiger partial charge in [0.25, 0.3) is 0 Å². The summed E-state index contributed by atoms with van der Waals surface area (Å²) in [5.74, 6) is 0.930. The maximum Gasteiger partial charge on any atom is 0.124 e. The number of thiophene rings is 1. The van der Waals surface area contributed by atoms with E-state index in [1.54, 1.807) is 18.4 Å². The number of hydrogen-bond donors (Lipinski definition) is 0. The molecule has 0 radical (unpaired) electrons. The van der Waals surface area contributed by atoms with Crippen LogP contribution in [-0.2, 0) is 5.33 Å². The van der Waals surface area contributed by atoms with Crippen LogP contribution in [0.25, 0.3) is 10.1 Å². The first-order valence-corrected chi connectivity index (χ1v) is 6.86. The smallest absolute Gasteiger partial charge is 0.124 e. The van der Waals surface area contributed by atoms with Gasteiger partial charge in [0, 0.05) is 20.1 Å². The maximum atomic E-state index is 5.34. The highest BCUT2D eigenvalue weighted by atomic mass is 79.9. The maximum absolute atomic E-state index is 5.34. The molecule has 0 unspecified atom stereocenters. The summed E-state index contributed by atoms with van der Waals surface area (Å²) < 4.78 is 7.75. The highest BCUT2D eigenvalue weighted by Gasteiger charge is 2.11. The third kappa shape index (κ3) is 1.59. The Hall–Kier alpha value is -0.0600. The molecule has 1 heterocycles. The van der Waals surface area contributed by atoms with Crippen LogP contribution in [0, 0.1) is 0 Å². The normalized spacial score (nSPS) is 10.8. The van der Waals surface area contributed by atoms with Gasteiger partial charge in [-0.2, -0.15) is 0 Å². The lowest BCUT2D eigenvalue weighted by atomic mass is 10.2. The molecule has 74 valence electrons. The van der Waals surface area contributed by atoms with Crippen molar-refractivity contribution in [2.45, 2.75) is 5.33 Å². The van der Waals surface area contributed by atoms with E-state index in [-0.39, 0.29) is 0 Å². The highest BCUT2D eigenvalue weighted by Crippen LogP contribution is 2.38. The molecule has 0 spiro atoms. The lowest BCUT2D eigenvalue weighted by Gasteiger charge is -2.08. The first-order valence-electron chi connectivity index (χ1n) is 4.06. The number of rotatable bonds is 2. The van der Waals surface area contributed by atoms with Crippen molar-refractivity contribution < 1.29 is 4.74 Å². The minimum atomic E-state index is 0.796. The summed E-state index contributed by atoms with van der Waals surface area (Å²) in [6.07, 6.45) is 0. The summed E-state index contributed by atoms with van der Waals surface area (Å²) in [5, 5.41) is 4.11. The lowest BCUT2D eigenvalue weighted by Crippen LogP contribution is -1.90. The standard InChI is InChI=1S/C10H8Br2OS/c1-13-8-4-6-2-3-14-10(6)9(12)7(8)5-11/h2-4H,5H2,1H3. The first-order chi connectivity index (χ1) is 6.77. The Bertz CT molecular complexity index is 464. The monoisotopic (exact) mass is 334 g/mol. The Morgan fingerprint density at radius 1 is 1.50 bits per heavy atom. The summed E-state index contributed by atoms with van der Waals surface area (Å²) >= 11 is 8.82. The van der Waals surface area contributed by atoms with E-state index < -0.39 is 0 Å². The molecule has 0 atom stereocenters. The van der Waals surface area contributed by atoms with E-state index in [0.29, 0.717) is 0 Å². The number of benzene rings is 1. The van der Waals surface area contributed by atoms with Gasteiger partial charge in [-0.3, -0.25) is 0 Å². The number of fused-ring (bicyclic) bond motifs is 1. The number of ether oxygens (including phenoxy) is 1. The second-order valence-electron chi connectivity index (χ2n) is 2.84. The third-order valence-corrected chi connectivity index (χ3v) is 4.74. The molecule has 0 aliphatic carbocycles. The van der Waals surface area contributed by atoms with Gasteiger partial charge in [-0.1, -0.05) is 15.9 Å². The number of alkyl halides is 1. The van der Waals surface area contributed by atoms with E-state index in [1.807, 2.05) is 0 Å². The molecule has 2 aromatic rings. The Balaban J connectivity index is 2.79. The zero-order valence-corrected chi connectivity index (χ0v) is 11.5. The van der Waals surface area contributed by atoms with Crippen LogP contribution in [-0.4, -0.2) is 7.11 Å². The van der Waals surface area contributed by atoms with Gasteiger partial charge < -0.3 is 4.74 Å². The van der Waals surface area contributed by atoms with E-state index in [2.05, 4.69) is 49.4 Å². The van der Waals surface area contributed by atoms with Crippen LogP contribution in [0.15, 0.2) is 22.0 Å². The van der Waals surface area contributed by atoms with Crippen LogP contribution >= 0.6 is 43.2 Å². The van der Waals surface area contributed by atoms with Crippen LogP contribution in [0.1, 0.15) is 5.56 Å². The van der Waals surface area contributed by atoms with Crippen LogP contribution in [0.2, 0.25) is 0 Å². The lowest BCUT2D eigenvalue weighted by molar-refractivity contribution is 0.412. The molecule has 0 saturated heterocycles. The molecular formula is C10H8Br2OS. The molecule has 0 aliphatic rings. The van der Waals surface area contributed by atoms with Crippen molar-refractivity contribution in [2.24, 2.45) is 0 Å². The van der Waals surface area contributed by atoms with Crippen molar-refractivity contribution in [2.75, 3.05) is 7.11 Å². The van der Waals surface area contributed by atoms with Crippen molar-refractivity contribution >= 4 is 53.3 Å². The van der Waals surface area contributed by atoms with E-state index in [4.69, 9.17) is 4.74 Å². The van der Waals surface area contributed by atoms with E-state index >= 15 is 0 Å². The van der Waals surface area contributed by atoms with Gasteiger partial charge in [0.05, 0.1) is 7.11 Å². The van der Waals surface area contributed by atoms with Gasteiger partial charge in [-0.15, -0.1) is 11.3 Å². The van der Waals surface area contributed by atoms with E-state index in [0.717, 1.165) is 15.6 Å². The predicted molar refractivity (Wildman–Crippen MR) is 68.7 cm³/mol. The minimum Gasteiger partial charge on any atom is -0.496 e. The first kappa shape index (κ1) is 10.5. The van der Waals surface area contributed by atoms with E-state index in [9.17, 15) is 0 Å². The number of hydrogen-bond acceptors (Lipinski definition) is 2. The van der Waals surface area contributed by atoms with Gasteiger partial charge in [-0.25, -0.2) is 0 Å². The van der Waals surface area contributed by atoms with Crippen molar-refractivity contribution in [3.8, 4) is 5.75 Å². The quantitative estimate of drug-likeness (QED) is 0.730. The van der Waals surface area contributed by atoms with Gasteiger partial charge in [0.1, 0.15) is 5.75 Å². The van der Waals surface area contributed by atoms with Crippen molar-refractivity contribution in [1.29, 1.82) is 0 Å². The summed E-state index contributed by atoms with van der Waals surface area (Å²) in [6.45, 7) is 0. The molecular weight excluding hydrogens is 328 g/mol. The fraction of sp³-hybridized carbons (Fsp3) is 0.200. The summed E-state index contributed by atoms with van der Waals surface area (Å²) in [4.78, 5) is 0. The van der Waals surface area contributed by atoms with E-state index in [1.165, 1.54) is 15.6 Å². The largest absolute Gasteiger partial charge is 0.496 e. The molecule has 0 saturated carbocycles. The van der Waals surface area contributed by atoms with Crippen LogP contribution < -0.4 is 4.74 Å². The third-order valence-electron chi connectivity index (χ3n) is 2.10. The fourth-order valence-corrected chi connectivity index (χ4v) is 4.01. The van der Waals surface area contributed by atoms with Gasteiger partial charge in [0.2, 0.25) is 0 Å². The molecule has 0 N–H and O–H groups in total. The van der Waals surface area contributed by atoms with Crippen molar-refractivity contribution in [1.82, 2.24) is 0 Å². The molecule has 4 heteroatoms. The SMILES string of the molecule is COc1cc2ccsc2c(Br)c1CBr. The van der Waals surface area contributed by atoms with Crippen LogP contribution in [0.5, 0.6) is 5.75 Å². The average molecular weight is 336 g/mol. The van der Waals surface area contributed by atoms with Gasteiger partial charge in [0.15, 0.2) is 0 Å². The molecule has 0 bridgehead atoms. The Morgan fingerprint density at radius 2 is 2.29 bits per heavy atom. The average Bonchev–Trinajstić information content (AvgIpc) is 2.65. The topological polar surface area (TPSA) is 9.23 Å². The van der Waals surface area contributed by atoms with Crippen molar-refractivity contribution in [3.63, 3.8) is 0 Å². The molecule has 14 heavy (non-hydrogen) atoms. The second kappa shape index (κ2) is 4.21. The zero-order chi connectivity index (χ0) is 10.1. The highest BCUT2D eigenvalue weighted by molar-refractivity contribution is 9.11. The molecule has 0 fully saturated rings. The Morgan fingerprint density at radius 3 is 2.93 bits per heavy atom. The number of halogens is 2. The second-order valence-corrected chi connectivity index (χ2v) is 5.11. The summed E-state index contributed by atoms with van der Waals surface area (Å²) in [7, 11) is 1.70.